The maximum Gasteiger partial charge on any atom is 0.308 e. The first kappa shape index (κ1) is 17.5. The number of esters is 1. The van der Waals surface area contributed by atoms with Crippen LogP contribution < -0.4 is 9.47 Å². The number of carbonyl (C=O) groups excluding carboxylic acids is 2. The van der Waals surface area contributed by atoms with Gasteiger partial charge in [-0.25, -0.2) is 0 Å². The average Bonchev–Trinajstić information content (AvgIpc) is 3.07. The van der Waals surface area contributed by atoms with Gasteiger partial charge in [-0.2, -0.15) is 5.01 Å². The summed E-state index contributed by atoms with van der Waals surface area (Å²) in [4.78, 5) is 23.1. The highest BCUT2D eigenvalue weighted by Crippen LogP contribution is 2.31. The summed E-state index contributed by atoms with van der Waals surface area (Å²) in [6.45, 7) is 2.75. The molecule has 0 aliphatic carbocycles. The molecule has 1 heterocycles. The van der Waals surface area contributed by atoms with Crippen molar-refractivity contribution in [2.45, 2.75) is 20.1 Å². The molecule has 0 fully saturated rings. The van der Waals surface area contributed by atoms with E-state index in [4.69, 9.17) is 14.2 Å². The first-order chi connectivity index (χ1) is 12.5. The topological polar surface area (TPSA) is 77.4 Å². The van der Waals surface area contributed by atoms with Gasteiger partial charge < -0.3 is 14.2 Å². The standard InChI is InChI=1S/C19H18N2O5/c1-12(22)21-19(14-7-9-16(24-3)10-8-14)26-18(20-21)15-5-4-6-17(11-15)25-13(2)23/h4-11,19H,1-3H3/t19-/m0/s1. The molecule has 0 saturated heterocycles. The van der Waals surface area contributed by atoms with Crippen LogP contribution in [0.4, 0.5) is 0 Å². The van der Waals surface area contributed by atoms with Crippen LogP contribution in [0.5, 0.6) is 11.5 Å². The molecule has 0 saturated carbocycles. The van der Waals surface area contributed by atoms with Crippen molar-refractivity contribution in [1.82, 2.24) is 5.01 Å². The lowest BCUT2D eigenvalue weighted by molar-refractivity contribution is -0.135. The SMILES string of the molecule is COc1ccc([C@@H]2OC(c3cccc(OC(C)=O)c3)=NN2C(C)=O)cc1. The van der Waals surface area contributed by atoms with E-state index in [-0.39, 0.29) is 11.8 Å². The highest BCUT2D eigenvalue weighted by molar-refractivity contribution is 5.96. The van der Waals surface area contributed by atoms with Gasteiger partial charge in [-0.1, -0.05) is 6.07 Å². The van der Waals surface area contributed by atoms with Crippen LogP contribution in [0.25, 0.3) is 0 Å². The van der Waals surface area contributed by atoms with Crippen molar-refractivity contribution in [3.8, 4) is 11.5 Å². The first-order valence-corrected chi connectivity index (χ1v) is 7.96. The minimum absolute atomic E-state index is 0.253. The van der Waals surface area contributed by atoms with E-state index in [1.807, 2.05) is 12.1 Å². The van der Waals surface area contributed by atoms with E-state index in [1.165, 1.54) is 18.9 Å². The van der Waals surface area contributed by atoms with Gasteiger partial charge in [0, 0.05) is 25.0 Å². The Morgan fingerprint density at radius 3 is 2.42 bits per heavy atom. The second kappa shape index (κ2) is 7.26. The number of ether oxygens (including phenoxy) is 3. The minimum Gasteiger partial charge on any atom is -0.497 e. The predicted octanol–water partition coefficient (Wildman–Crippen LogP) is 2.86. The van der Waals surface area contributed by atoms with E-state index < -0.39 is 12.2 Å². The summed E-state index contributed by atoms with van der Waals surface area (Å²) in [5, 5.41) is 5.56. The molecular weight excluding hydrogens is 336 g/mol. The summed E-state index contributed by atoms with van der Waals surface area (Å²) in [5.74, 6) is 0.685. The maximum atomic E-state index is 12.0. The molecule has 1 amide bonds. The van der Waals surface area contributed by atoms with Crippen LogP contribution in [0.2, 0.25) is 0 Å². The highest BCUT2D eigenvalue weighted by Gasteiger charge is 2.33. The lowest BCUT2D eigenvalue weighted by Crippen LogP contribution is -2.25. The zero-order chi connectivity index (χ0) is 18.7. The molecule has 0 unspecified atom stereocenters. The quantitative estimate of drug-likeness (QED) is 0.623. The molecule has 2 aromatic rings. The van der Waals surface area contributed by atoms with Crippen molar-refractivity contribution in [1.29, 1.82) is 0 Å². The molecule has 0 N–H and O–H groups in total. The molecular formula is C19H18N2O5. The van der Waals surface area contributed by atoms with Gasteiger partial charge >= 0.3 is 5.97 Å². The number of benzene rings is 2. The van der Waals surface area contributed by atoms with E-state index in [9.17, 15) is 9.59 Å². The van der Waals surface area contributed by atoms with Crippen LogP contribution in [-0.2, 0) is 14.3 Å². The average molecular weight is 354 g/mol. The molecule has 134 valence electrons. The number of carbonyl (C=O) groups is 2. The van der Waals surface area contributed by atoms with Crippen LogP contribution in [0, 0.1) is 0 Å². The summed E-state index contributed by atoms with van der Waals surface area (Å²) < 4.78 is 16.1. The Labute approximate surface area is 150 Å². The Balaban J connectivity index is 1.89. The zero-order valence-electron chi connectivity index (χ0n) is 14.6. The second-order valence-corrected chi connectivity index (χ2v) is 5.63. The van der Waals surface area contributed by atoms with Gasteiger partial charge in [0.1, 0.15) is 11.5 Å². The normalized spacial score (nSPS) is 15.9. The fourth-order valence-corrected chi connectivity index (χ4v) is 2.53. The van der Waals surface area contributed by atoms with Gasteiger partial charge in [0.15, 0.2) is 0 Å². The number of nitrogens with zero attached hydrogens (tertiary/aromatic N) is 2. The number of amides is 1. The maximum absolute atomic E-state index is 12.0. The molecule has 2 aromatic carbocycles. The summed E-state index contributed by atoms with van der Waals surface area (Å²) in [7, 11) is 1.58. The number of hydrogen-bond donors (Lipinski definition) is 0. The lowest BCUT2D eigenvalue weighted by atomic mass is 10.2. The third-order valence-corrected chi connectivity index (χ3v) is 3.71. The fourth-order valence-electron chi connectivity index (χ4n) is 2.53. The Morgan fingerprint density at radius 1 is 1.08 bits per heavy atom. The Hall–Kier alpha value is -3.35. The lowest BCUT2D eigenvalue weighted by Gasteiger charge is -2.19. The first-order valence-electron chi connectivity index (χ1n) is 7.96. The molecule has 3 rings (SSSR count). The molecule has 26 heavy (non-hydrogen) atoms. The van der Waals surface area contributed by atoms with Crippen LogP contribution in [0.3, 0.4) is 0 Å². The van der Waals surface area contributed by atoms with Crippen LogP contribution in [0.1, 0.15) is 31.2 Å². The summed E-state index contributed by atoms with van der Waals surface area (Å²) in [6.07, 6.45) is -0.675. The molecule has 0 spiro atoms. The van der Waals surface area contributed by atoms with Gasteiger partial charge in [0.05, 0.1) is 7.11 Å². The molecule has 7 nitrogen and oxygen atoms in total. The zero-order valence-corrected chi connectivity index (χ0v) is 14.6. The number of hydrazone groups is 1. The second-order valence-electron chi connectivity index (χ2n) is 5.63. The molecule has 0 aromatic heterocycles. The van der Waals surface area contributed by atoms with Crippen molar-refractivity contribution in [2.75, 3.05) is 7.11 Å². The van der Waals surface area contributed by atoms with Crippen molar-refractivity contribution >= 4 is 17.8 Å². The van der Waals surface area contributed by atoms with E-state index in [0.717, 1.165) is 5.56 Å². The summed E-state index contributed by atoms with van der Waals surface area (Å²) in [5.41, 5.74) is 1.36. The number of methoxy groups -OCH3 is 1. The van der Waals surface area contributed by atoms with E-state index in [0.29, 0.717) is 17.1 Å². The predicted molar refractivity (Wildman–Crippen MR) is 93.6 cm³/mol. The largest absolute Gasteiger partial charge is 0.497 e. The van der Waals surface area contributed by atoms with Gasteiger partial charge in [0.2, 0.25) is 18.0 Å². The Bertz CT molecular complexity index is 860. The summed E-state index contributed by atoms with van der Waals surface area (Å²) >= 11 is 0. The van der Waals surface area contributed by atoms with Crippen LogP contribution in [-0.4, -0.2) is 29.9 Å². The minimum atomic E-state index is -0.675. The molecule has 1 aliphatic heterocycles. The number of hydrogen-bond acceptors (Lipinski definition) is 6. The smallest absolute Gasteiger partial charge is 0.308 e. The van der Waals surface area contributed by atoms with Crippen molar-refractivity contribution in [3.05, 3.63) is 59.7 Å². The van der Waals surface area contributed by atoms with Crippen LogP contribution in [0.15, 0.2) is 53.6 Å². The third kappa shape index (κ3) is 3.66. The van der Waals surface area contributed by atoms with Gasteiger partial charge in [-0.05, 0) is 42.5 Å². The third-order valence-electron chi connectivity index (χ3n) is 3.71. The van der Waals surface area contributed by atoms with E-state index >= 15 is 0 Å². The van der Waals surface area contributed by atoms with E-state index in [1.54, 1.807) is 43.5 Å². The molecule has 0 radical (unpaired) electrons. The van der Waals surface area contributed by atoms with Crippen molar-refractivity contribution < 1.29 is 23.8 Å². The monoisotopic (exact) mass is 354 g/mol. The Kier molecular flexibility index (Phi) is 4.88. The van der Waals surface area contributed by atoms with Gasteiger partial charge in [-0.3, -0.25) is 9.59 Å². The van der Waals surface area contributed by atoms with E-state index in [2.05, 4.69) is 5.10 Å². The van der Waals surface area contributed by atoms with Gasteiger partial charge in [-0.15, -0.1) is 5.10 Å². The molecule has 7 heteroatoms. The van der Waals surface area contributed by atoms with Crippen molar-refractivity contribution in [2.24, 2.45) is 5.10 Å². The number of rotatable bonds is 4. The van der Waals surface area contributed by atoms with Crippen molar-refractivity contribution in [3.63, 3.8) is 0 Å². The van der Waals surface area contributed by atoms with Crippen LogP contribution >= 0.6 is 0 Å². The molecule has 0 bridgehead atoms. The molecule has 1 atom stereocenters. The highest BCUT2D eigenvalue weighted by atomic mass is 16.5. The summed E-state index contributed by atoms with van der Waals surface area (Å²) in [6, 6.07) is 14.0. The molecule has 1 aliphatic rings. The Morgan fingerprint density at radius 2 is 1.81 bits per heavy atom. The van der Waals surface area contributed by atoms with Gasteiger partial charge in [0.25, 0.3) is 0 Å². The fraction of sp³-hybridized carbons (Fsp3) is 0.211.